The highest BCUT2D eigenvalue weighted by molar-refractivity contribution is 5.95. The van der Waals surface area contributed by atoms with Crippen LogP contribution >= 0.6 is 0 Å². The number of piperazine rings is 1. The first-order valence-electron chi connectivity index (χ1n) is 10.9. The molecule has 4 nitrogen and oxygen atoms in total. The largest absolute Gasteiger partial charge is 0.341 e. The molecule has 4 rings (SSSR count). The van der Waals surface area contributed by atoms with E-state index in [1.54, 1.807) is 0 Å². The van der Waals surface area contributed by atoms with Gasteiger partial charge in [0.15, 0.2) is 0 Å². The summed E-state index contributed by atoms with van der Waals surface area (Å²) in [5.74, 6) is 0.617. The van der Waals surface area contributed by atoms with Gasteiger partial charge in [-0.2, -0.15) is 0 Å². The van der Waals surface area contributed by atoms with Gasteiger partial charge in [-0.25, -0.2) is 9.37 Å². The Labute approximate surface area is 172 Å². The Morgan fingerprint density at radius 3 is 2.52 bits per heavy atom. The van der Waals surface area contributed by atoms with Crippen LogP contribution in [0.3, 0.4) is 0 Å². The summed E-state index contributed by atoms with van der Waals surface area (Å²) >= 11 is 0. The monoisotopic (exact) mass is 394 g/mol. The molecule has 0 amide bonds. The first-order chi connectivity index (χ1) is 14.2. The van der Waals surface area contributed by atoms with Crippen molar-refractivity contribution in [3.8, 4) is 11.4 Å². The van der Waals surface area contributed by atoms with Crippen molar-refractivity contribution in [1.29, 1.82) is 0 Å². The number of aromatic nitrogens is 2. The number of halogens is 1. The fourth-order valence-electron chi connectivity index (χ4n) is 4.55. The SMILES string of the molecule is CCCC(CC)N1CCN(Cc2cnc(-c3ccc(F)c4ccccc34)[nH]2)CC1. The van der Waals surface area contributed by atoms with Gasteiger partial charge in [0, 0.05) is 61.6 Å². The minimum absolute atomic E-state index is 0.192. The summed E-state index contributed by atoms with van der Waals surface area (Å²) in [6, 6.07) is 11.7. The predicted octanol–water partition coefficient (Wildman–Crippen LogP) is 5.07. The molecule has 0 saturated carbocycles. The lowest BCUT2D eigenvalue weighted by Crippen LogP contribution is -2.49. The van der Waals surface area contributed by atoms with E-state index in [1.807, 2.05) is 36.5 Å². The number of fused-ring (bicyclic) bond motifs is 1. The smallest absolute Gasteiger partial charge is 0.138 e. The van der Waals surface area contributed by atoms with Crippen LogP contribution in [0.4, 0.5) is 4.39 Å². The molecule has 3 aromatic rings. The van der Waals surface area contributed by atoms with E-state index in [-0.39, 0.29) is 5.82 Å². The lowest BCUT2D eigenvalue weighted by Gasteiger charge is -2.39. The van der Waals surface area contributed by atoms with E-state index in [2.05, 4.69) is 33.6 Å². The molecule has 1 saturated heterocycles. The average Bonchev–Trinajstić information content (AvgIpc) is 3.21. The van der Waals surface area contributed by atoms with Gasteiger partial charge in [-0.05, 0) is 30.4 Å². The lowest BCUT2D eigenvalue weighted by molar-refractivity contribution is 0.0852. The van der Waals surface area contributed by atoms with Crippen LogP contribution in [0.5, 0.6) is 0 Å². The van der Waals surface area contributed by atoms with Crippen molar-refractivity contribution in [3.63, 3.8) is 0 Å². The molecule has 1 aliphatic rings. The van der Waals surface area contributed by atoms with Crippen LogP contribution in [0.15, 0.2) is 42.6 Å². The van der Waals surface area contributed by atoms with Crippen LogP contribution in [0.25, 0.3) is 22.2 Å². The molecule has 0 spiro atoms. The third-order valence-corrected chi connectivity index (χ3v) is 6.16. The topological polar surface area (TPSA) is 35.2 Å². The number of nitrogens with one attached hydrogen (secondary N) is 1. The zero-order valence-electron chi connectivity index (χ0n) is 17.5. The van der Waals surface area contributed by atoms with Gasteiger partial charge in [0.25, 0.3) is 0 Å². The first-order valence-corrected chi connectivity index (χ1v) is 10.9. The highest BCUT2D eigenvalue weighted by Crippen LogP contribution is 2.28. The standard InChI is InChI=1S/C24H31FN4/c1-3-7-19(4-2)29-14-12-28(13-15-29)17-18-16-26-24(27-18)22-10-11-23(25)21-9-6-5-8-20(21)22/h5-6,8-11,16,19H,3-4,7,12-15,17H2,1-2H3,(H,26,27). The third-order valence-electron chi connectivity index (χ3n) is 6.16. The van der Waals surface area contributed by atoms with Crippen LogP contribution in [-0.2, 0) is 6.54 Å². The van der Waals surface area contributed by atoms with Crippen LogP contribution in [0.2, 0.25) is 0 Å². The van der Waals surface area contributed by atoms with Crippen LogP contribution in [0, 0.1) is 5.82 Å². The van der Waals surface area contributed by atoms with Crippen molar-refractivity contribution in [2.24, 2.45) is 0 Å². The fourth-order valence-corrected chi connectivity index (χ4v) is 4.55. The Morgan fingerprint density at radius 2 is 1.79 bits per heavy atom. The van der Waals surface area contributed by atoms with Gasteiger partial charge < -0.3 is 4.98 Å². The summed E-state index contributed by atoms with van der Waals surface area (Å²) in [7, 11) is 0. The molecule has 154 valence electrons. The zero-order valence-corrected chi connectivity index (χ0v) is 17.5. The van der Waals surface area contributed by atoms with Crippen molar-refractivity contribution < 1.29 is 4.39 Å². The minimum Gasteiger partial charge on any atom is -0.341 e. The summed E-state index contributed by atoms with van der Waals surface area (Å²) in [5, 5.41) is 1.53. The Hall–Kier alpha value is -2.24. The van der Waals surface area contributed by atoms with Gasteiger partial charge in [0.05, 0.1) is 0 Å². The molecule has 29 heavy (non-hydrogen) atoms. The van der Waals surface area contributed by atoms with Crippen LogP contribution < -0.4 is 0 Å². The van der Waals surface area contributed by atoms with E-state index < -0.39 is 0 Å². The Morgan fingerprint density at radius 1 is 1.03 bits per heavy atom. The molecule has 0 radical (unpaired) electrons. The number of hydrogen-bond donors (Lipinski definition) is 1. The molecule has 1 fully saturated rings. The Bertz CT molecular complexity index is 943. The molecule has 1 aliphatic heterocycles. The summed E-state index contributed by atoms with van der Waals surface area (Å²) in [6.07, 6.45) is 5.72. The van der Waals surface area contributed by atoms with Gasteiger partial charge >= 0.3 is 0 Å². The van der Waals surface area contributed by atoms with Crippen molar-refractivity contribution in [3.05, 3.63) is 54.1 Å². The maximum atomic E-state index is 14.1. The molecular weight excluding hydrogens is 363 g/mol. The summed E-state index contributed by atoms with van der Waals surface area (Å²) in [4.78, 5) is 13.2. The maximum absolute atomic E-state index is 14.1. The number of imidazole rings is 1. The molecule has 1 aromatic heterocycles. The van der Waals surface area contributed by atoms with Crippen LogP contribution in [0.1, 0.15) is 38.8 Å². The highest BCUT2D eigenvalue weighted by Gasteiger charge is 2.22. The number of benzene rings is 2. The molecule has 0 aliphatic carbocycles. The molecule has 2 heterocycles. The van der Waals surface area contributed by atoms with Gasteiger partial charge in [-0.15, -0.1) is 0 Å². The van der Waals surface area contributed by atoms with E-state index >= 15 is 0 Å². The molecule has 0 bridgehead atoms. The molecule has 1 unspecified atom stereocenters. The number of rotatable bonds is 7. The molecule has 1 N–H and O–H groups in total. The van der Waals surface area contributed by atoms with E-state index in [0.29, 0.717) is 5.39 Å². The van der Waals surface area contributed by atoms with Crippen molar-refractivity contribution in [2.45, 2.75) is 45.7 Å². The highest BCUT2D eigenvalue weighted by atomic mass is 19.1. The first kappa shape index (κ1) is 20.0. The molecule has 1 atom stereocenters. The van der Waals surface area contributed by atoms with E-state index in [9.17, 15) is 4.39 Å². The number of aromatic amines is 1. The molecule has 2 aromatic carbocycles. The van der Waals surface area contributed by atoms with Gasteiger partial charge in [-0.1, -0.05) is 44.5 Å². The Balaban J connectivity index is 1.43. The normalized spacial score (nSPS) is 17.1. The van der Waals surface area contributed by atoms with Gasteiger partial charge in [0.2, 0.25) is 0 Å². The van der Waals surface area contributed by atoms with Crippen LogP contribution in [-0.4, -0.2) is 52.0 Å². The Kier molecular flexibility index (Phi) is 6.26. The summed E-state index contributed by atoms with van der Waals surface area (Å²) in [6.45, 7) is 9.92. The second kappa shape index (κ2) is 9.06. The predicted molar refractivity (Wildman–Crippen MR) is 117 cm³/mol. The fraction of sp³-hybridized carbons (Fsp3) is 0.458. The van der Waals surface area contributed by atoms with Gasteiger partial charge in [-0.3, -0.25) is 9.80 Å². The van der Waals surface area contributed by atoms with Gasteiger partial charge in [0.1, 0.15) is 11.6 Å². The number of hydrogen-bond acceptors (Lipinski definition) is 3. The summed E-state index contributed by atoms with van der Waals surface area (Å²) in [5.41, 5.74) is 2.06. The molecular formula is C24H31FN4. The quantitative estimate of drug-likeness (QED) is 0.608. The van der Waals surface area contributed by atoms with E-state index in [1.165, 1.54) is 25.3 Å². The van der Waals surface area contributed by atoms with Crippen molar-refractivity contribution in [1.82, 2.24) is 19.8 Å². The van der Waals surface area contributed by atoms with E-state index in [0.717, 1.165) is 61.2 Å². The minimum atomic E-state index is -0.192. The maximum Gasteiger partial charge on any atom is 0.138 e. The lowest BCUT2D eigenvalue weighted by atomic mass is 10.0. The summed E-state index contributed by atoms with van der Waals surface area (Å²) < 4.78 is 14.1. The van der Waals surface area contributed by atoms with E-state index in [4.69, 9.17) is 0 Å². The average molecular weight is 395 g/mol. The third kappa shape index (κ3) is 4.36. The second-order valence-corrected chi connectivity index (χ2v) is 8.06. The number of H-pyrrole nitrogens is 1. The van der Waals surface area contributed by atoms with Crippen molar-refractivity contribution in [2.75, 3.05) is 26.2 Å². The number of nitrogens with zero attached hydrogens (tertiary/aromatic N) is 3. The zero-order chi connectivity index (χ0) is 20.2. The molecule has 5 heteroatoms. The van der Waals surface area contributed by atoms with Crippen molar-refractivity contribution >= 4 is 10.8 Å². The second-order valence-electron chi connectivity index (χ2n) is 8.06.